The van der Waals surface area contributed by atoms with Crippen LogP contribution in [-0.2, 0) is 14.8 Å². The van der Waals surface area contributed by atoms with Gasteiger partial charge in [0.2, 0.25) is 10.0 Å². The summed E-state index contributed by atoms with van der Waals surface area (Å²) in [6.07, 6.45) is 0.392. The predicted molar refractivity (Wildman–Crippen MR) is 107 cm³/mol. The maximum Gasteiger partial charge on any atom is 0.343 e. The van der Waals surface area contributed by atoms with Crippen molar-refractivity contribution < 1.29 is 27.5 Å². The van der Waals surface area contributed by atoms with Gasteiger partial charge in [0.1, 0.15) is 5.75 Å². The van der Waals surface area contributed by atoms with E-state index in [1.165, 1.54) is 16.4 Å². The van der Waals surface area contributed by atoms with Gasteiger partial charge < -0.3 is 9.47 Å². The summed E-state index contributed by atoms with van der Waals surface area (Å²) >= 11 is 0. The van der Waals surface area contributed by atoms with Crippen LogP contribution in [0.2, 0.25) is 0 Å². The first-order chi connectivity index (χ1) is 13.8. The fraction of sp³-hybridized carbons (Fsp3) is 0.333. The van der Waals surface area contributed by atoms with Crippen molar-refractivity contribution in [1.82, 2.24) is 4.31 Å². The number of esters is 1. The second-order valence-electron chi connectivity index (χ2n) is 6.68. The van der Waals surface area contributed by atoms with Gasteiger partial charge >= 0.3 is 5.97 Å². The molecule has 0 saturated carbocycles. The lowest BCUT2D eigenvalue weighted by molar-refractivity contribution is 0.0727. The Hall–Kier alpha value is -2.55. The van der Waals surface area contributed by atoms with E-state index in [4.69, 9.17) is 9.47 Å². The minimum Gasteiger partial charge on any atom is -0.423 e. The van der Waals surface area contributed by atoms with Gasteiger partial charge in [0.05, 0.1) is 23.7 Å². The molecule has 1 fully saturated rings. The largest absolute Gasteiger partial charge is 0.423 e. The van der Waals surface area contributed by atoms with Crippen LogP contribution in [0, 0.1) is 6.92 Å². The van der Waals surface area contributed by atoms with Gasteiger partial charge in [0.25, 0.3) is 0 Å². The van der Waals surface area contributed by atoms with E-state index in [0.29, 0.717) is 30.8 Å². The Bertz CT molecular complexity index is 1010. The molecular formula is C21H23NO6S. The van der Waals surface area contributed by atoms with E-state index >= 15 is 0 Å². The van der Waals surface area contributed by atoms with Crippen molar-refractivity contribution in [2.24, 2.45) is 0 Å². The molecule has 1 saturated heterocycles. The third kappa shape index (κ3) is 4.72. The van der Waals surface area contributed by atoms with E-state index < -0.39 is 16.0 Å². The van der Waals surface area contributed by atoms with E-state index in [2.05, 4.69) is 0 Å². The quantitative estimate of drug-likeness (QED) is 0.408. The molecular weight excluding hydrogens is 394 g/mol. The molecule has 29 heavy (non-hydrogen) atoms. The molecule has 0 radical (unpaired) electrons. The van der Waals surface area contributed by atoms with Gasteiger partial charge in [0.15, 0.2) is 5.78 Å². The second-order valence-corrected chi connectivity index (χ2v) is 8.62. The molecule has 154 valence electrons. The molecule has 0 atom stereocenters. The highest BCUT2D eigenvalue weighted by molar-refractivity contribution is 7.89. The van der Waals surface area contributed by atoms with Crippen molar-refractivity contribution in [3.8, 4) is 5.75 Å². The summed E-state index contributed by atoms with van der Waals surface area (Å²) in [5.41, 5.74) is 1.32. The van der Waals surface area contributed by atoms with Crippen LogP contribution < -0.4 is 4.74 Å². The zero-order valence-corrected chi connectivity index (χ0v) is 17.2. The molecule has 3 rings (SSSR count). The van der Waals surface area contributed by atoms with Crippen LogP contribution in [0.15, 0.2) is 47.4 Å². The summed E-state index contributed by atoms with van der Waals surface area (Å²) in [4.78, 5) is 24.4. The van der Waals surface area contributed by atoms with Crippen LogP contribution in [0.4, 0.5) is 0 Å². The zero-order chi connectivity index (χ0) is 21.0. The number of aryl methyl sites for hydroxylation is 1. The highest BCUT2D eigenvalue weighted by Gasteiger charge is 2.27. The van der Waals surface area contributed by atoms with Crippen molar-refractivity contribution in [3.63, 3.8) is 0 Å². The van der Waals surface area contributed by atoms with Crippen LogP contribution in [0.3, 0.4) is 0 Å². The Morgan fingerprint density at radius 2 is 1.72 bits per heavy atom. The molecule has 8 heteroatoms. The molecule has 0 amide bonds. The molecule has 7 nitrogen and oxygen atoms in total. The number of hydrogen-bond donors (Lipinski definition) is 0. The van der Waals surface area contributed by atoms with Crippen LogP contribution in [-0.4, -0.2) is 50.8 Å². The first-order valence-corrected chi connectivity index (χ1v) is 10.8. The summed E-state index contributed by atoms with van der Waals surface area (Å²) in [7, 11) is -3.72. The second kappa shape index (κ2) is 8.86. The molecule has 0 aromatic heterocycles. The number of nitrogens with zero attached hydrogens (tertiary/aromatic N) is 1. The molecule has 0 spiro atoms. The van der Waals surface area contributed by atoms with E-state index in [1.54, 1.807) is 44.2 Å². The van der Waals surface area contributed by atoms with Crippen molar-refractivity contribution in [2.45, 2.75) is 25.2 Å². The van der Waals surface area contributed by atoms with Crippen molar-refractivity contribution in [2.75, 3.05) is 26.3 Å². The Labute approximate surface area is 170 Å². The lowest BCUT2D eigenvalue weighted by Gasteiger charge is -2.26. The van der Waals surface area contributed by atoms with Gasteiger partial charge in [-0.2, -0.15) is 4.31 Å². The molecule has 0 aliphatic carbocycles. The lowest BCUT2D eigenvalue weighted by atomic mass is 10.1. The number of Topliss-reactive ketones (excluding diaryl/α,β-unsaturated/α-hetero) is 1. The maximum atomic E-state index is 12.8. The van der Waals surface area contributed by atoms with Gasteiger partial charge in [-0.05, 0) is 48.9 Å². The van der Waals surface area contributed by atoms with Gasteiger partial charge in [-0.25, -0.2) is 13.2 Å². The Morgan fingerprint density at radius 1 is 1.07 bits per heavy atom. The fourth-order valence-corrected chi connectivity index (χ4v) is 4.43. The molecule has 1 aliphatic heterocycles. The third-order valence-electron chi connectivity index (χ3n) is 4.74. The number of hydrogen-bond acceptors (Lipinski definition) is 6. The lowest BCUT2D eigenvalue weighted by Crippen LogP contribution is -2.40. The van der Waals surface area contributed by atoms with Crippen LogP contribution in [0.5, 0.6) is 5.75 Å². The van der Waals surface area contributed by atoms with Gasteiger partial charge in [0, 0.05) is 25.1 Å². The first kappa shape index (κ1) is 21.2. The molecule has 0 bridgehead atoms. The standard InChI is InChI=1S/C21H23NO6S/c1-3-20(23)16-5-7-17(8-6-16)28-21(24)19-14-18(9-4-15(19)2)29(25,26)22-10-12-27-13-11-22/h4-9,14H,3,10-13H2,1-2H3. The van der Waals surface area contributed by atoms with Crippen molar-refractivity contribution in [1.29, 1.82) is 0 Å². The smallest absolute Gasteiger partial charge is 0.343 e. The summed E-state index contributed by atoms with van der Waals surface area (Å²) in [5.74, 6) is -0.376. The summed E-state index contributed by atoms with van der Waals surface area (Å²) in [6, 6.07) is 10.7. The number of sulfonamides is 1. The number of benzene rings is 2. The minimum absolute atomic E-state index is 0.000239. The molecule has 1 aliphatic rings. The number of carbonyl (C=O) groups is 2. The van der Waals surface area contributed by atoms with Crippen LogP contribution in [0.1, 0.15) is 39.6 Å². The van der Waals surface area contributed by atoms with E-state index in [1.807, 2.05) is 0 Å². The van der Waals surface area contributed by atoms with Crippen LogP contribution >= 0.6 is 0 Å². The molecule has 1 heterocycles. The number of ketones is 1. The van der Waals surface area contributed by atoms with Gasteiger partial charge in [-0.15, -0.1) is 0 Å². The minimum atomic E-state index is -3.72. The number of carbonyl (C=O) groups excluding carboxylic acids is 2. The number of rotatable bonds is 6. The van der Waals surface area contributed by atoms with Crippen molar-refractivity contribution in [3.05, 3.63) is 59.2 Å². The Balaban J connectivity index is 1.82. The third-order valence-corrected chi connectivity index (χ3v) is 6.64. The average Bonchev–Trinajstić information content (AvgIpc) is 2.74. The zero-order valence-electron chi connectivity index (χ0n) is 16.4. The van der Waals surface area contributed by atoms with Crippen molar-refractivity contribution >= 4 is 21.8 Å². The summed E-state index contributed by atoms with van der Waals surface area (Å²) in [6.45, 7) is 4.73. The molecule has 0 unspecified atom stereocenters. The monoisotopic (exact) mass is 417 g/mol. The highest BCUT2D eigenvalue weighted by Crippen LogP contribution is 2.22. The molecule has 0 N–H and O–H groups in total. The number of ether oxygens (including phenoxy) is 2. The molecule has 2 aromatic carbocycles. The number of morpholine rings is 1. The summed E-state index contributed by atoms with van der Waals surface area (Å²) < 4.78 is 37.6. The molecule has 2 aromatic rings. The summed E-state index contributed by atoms with van der Waals surface area (Å²) in [5, 5.41) is 0. The van der Waals surface area contributed by atoms with Crippen LogP contribution in [0.25, 0.3) is 0 Å². The normalized spacial score (nSPS) is 15.1. The SMILES string of the molecule is CCC(=O)c1ccc(OC(=O)c2cc(S(=O)(=O)N3CCOCC3)ccc2C)cc1. The average molecular weight is 417 g/mol. The highest BCUT2D eigenvalue weighted by atomic mass is 32.2. The van der Waals surface area contributed by atoms with E-state index in [9.17, 15) is 18.0 Å². The predicted octanol–water partition coefficient (Wildman–Crippen LogP) is 2.83. The fourth-order valence-electron chi connectivity index (χ4n) is 2.99. The van der Waals surface area contributed by atoms with E-state index in [0.717, 1.165) is 0 Å². The maximum absolute atomic E-state index is 12.8. The topological polar surface area (TPSA) is 90.0 Å². The van der Waals surface area contributed by atoms with Gasteiger partial charge in [-0.3, -0.25) is 4.79 Å². The Kier molecular flexibility index (Phi) is 6.46. The van der Waals surface area contributed by atoms with E-state index in [-0.39, 0.29) is 35.1 Å². The Morgan fingerprint density at radius 3 is 2.34 bits per heavy atom. The first-order valence-electron chi connectivity index (χ1n) is 9.37. The van der Waals surface area contributed by atoms with Gasteiger partial charge in [-0.1, -0.05) is 13.0 Å².